The van der Waals surface area contributed by atoms with E-state index in [0.717, 1.165) is 18.5 Å². The Balaban J connectivity index is 2.01. The van der Waals surface area contributed by atoms with Crippen LogP contribution in [0.4, 0.5) is 10.5 Å². The van der Waals surface area contributed by atoms with Crippen molar-refractivity contribution in [2.45, 2.75) is 71.4 Å². The Kier molecular flexibility index (Phi) is 6.09. The fourth-order valence-corrected chi connectivity index (χ4v) is 3.12. The maximum atomic E-state index is 12.3. The standard InChI is InChI=1S/C18H28N2O/c1-3-5-6-7-8-12-16(4-2)20-17-13-10-9-11-15(17)14-19-18(20)21/h9-11,13,16H,3-8,12,14H2,1-2H3,(H,19,21). The molecule has 0 aromatic heterocycles. The van der Waals surface area contributed by atoms with Crippen LogP contribution in [-0.2, 0) is 6.54 Å². The van der Waals surface area contributed by atoms with Crippen LogP contribution in [0.3, 0.4) is 0 Å². The molecule has 2 rings (SSSR count). The van der Waals surface area contributed by atoms with Crippen molar-refractivity contribution in [3.05, 3.63) is 29.8 Å². The largest absolute Gasteiger partial charge is 0.334 e. The van der Waals surface area contributed by atoms with E-state index in [1.807, 2.05) is 17.0 Å². The molecular weight excluding hydrogens is 260 g/mol. The summed E-state index contributed by atoms with van der Waals surface area (Å²) in [4.78, 5) is 14.3. The zero-order valence-corrected chi connectivity index (χ0v) is 13.4. The van der Waals surface area contributed by atoms with Crippen LogP contribution in [0.2, 0.25) is 0 Å². The molecule has 3 heteroatoms. The Morgan fingerprint density at radius 2 is 1.90 bits per heavy atom. The smallest absolute Gasteiger partial charge is 0.322 e. The van der Waals surface area contributed by atoms with Crippen molar-refractivity contribution in [2.24, 2.45) is 0 Å². The Hall–Kier alpha value is -1.51. The van der Waals surface area contributed by atoms with Crippen molar-refractivity contribution >= 4 is 11.7 Å². The number of rotatable bonds is 8. The van der Waals surface area contributed by atoms with E-state index in [-0.39, 0.29) is 6.03 Å². The second kappa shape index (κ2) is 8.06. The van der Waals surface area contributed by atoms with Crippen molar-refractivity contribution in [3.63, 3.8) is 0 Å². The minimum Gasteiger partial charge on any atom is -0.334 e. The number of amides is 2. The van der Waals surface area contributed by atoms with Crippen molar-refractivity contribution in [3.8, 4) is 0 Å². The van der Waals surface area contributed by atoms with Crippen molar-refractivity contribution in [1.29, 1.82) is 0 Å². The molecular formula is C18H28N2O. The third-order valence-electron chi connectivity index (χ3n) is 4.38. The quantitative estimate of drug-likeness (QED) is 0.681. The average molecular weight is 288 g/mol. The Morgan fingerprint density at radius 1 is 1.14 bits per heavy atom. The van der Waals surface area contributed by atoms with Crippen LogP contribution in [0.5, 0.6) is 0 Å². The second-order valence-corrected chi connectivity index (χ2v) is 5.92. The molecule has 2 amide bonds. The van der Waals surface area contributed by atoms with Gasteiger partial charge in [0, 0.05) is 12.6 Å². The highest BCUT2D eigenvalue weighted by molar-refractivity contribution is 5.95. The van der Waals surface area contributed by atoms with E-state index in [1.54, 1.807) is 0 Å². The predicted octanol–water partition coefficient (Wildman–Crippen LogP) is 4.86. The number of nitrogens with zero attached hydrogens (tertiary/aromatic N) is 1. The molecule has 0 aliphatic carbocycles. The van der Waals surface area contributed by atoms with Gasteiger partial charge in [-0.05, 0) is 24.5 Å². The van der Waals surface area contributed by atoms with Gasteiger partial charge in [-0.1, -0.05) is 64.2 Å². The van der Waals surface area contributed by atoms with E-state index < -0.39 is 0 Å². The van der Waals surface area contributed by atoms with E-state index in [0.29, 0.717) is 12.6 Å². The summed E-state index contributed by atoms with van der Waals surface area (Å²) in [6.45, 7) is 5.07. The van der Waals surface area contributed by atoms with Gasteiger partial charge in [-0.2, -0.15) is 0 Å². The van der Waals surface area contributed by atoms with Crippen LogP contribution >= 0.6 is 0 Å². The van der Waals surface area contributed by atoms with E-state index >= 15 is 0 Å². The Labute approximate surface area is 128 Å². The van der Waals surface area contributed by atoms with Gasteiger partial charge >= 0.3 is 6.03 Å². The molecule has 3 nitrogen and oxygen atoms in total. The summed E-state index contributed by atoms with van der Waals surface area (Å²) in [5, 5.41) is 3.00. The Morgan fingerprint density at radius 3 is 2.67 bits per heavy atom. The molecule has 1 aliphatic heterocycles. The molecule has 1 aromatic carbocycles. The molecule has 21 heavy (non-hydrogen) atoms. The lowest BCUT2D eigenvalue weighted by molar-refractivity contribution is 0.241. The SMILES string of the molecule is CCCCCCCC(CC)N1C(=O)NCc2ccccc21. The van der Waals surface area contributed by atoms with Gasteiger partial charge in [-0.3, -0.25) is 4.90 Å². The lowest BCUT2D eigenvalue weighted by Crippen LogP contribution is -2.49. The molecule has 1 unspecified atom stereocenters. The summed E-state index contributed by atoms with van der Waals surface area (Å²) in [6, 6.07) is 8.63. The molecule has 0 saturated carbocycles. The summed E-state index contributed by atoms with van der Waals surface area (Å²) in [7, 11) is 0. The van der Waals surface area contributed by atoms with Crippen molar-refractivity contribution < 1.29 is 4.79 Å². The second-order valence-electron chi connectivity index (χ2n) is 5.92. The number of unbranched alkanes of at least 4 members (excludes halogenated alkanes) is 4. The first-order chi connectivity index (χ1) is 10.3. The summed E-state index contributed by atoms with van der Waals surface area (Å²) >= 11 is 0. The summed E-state index contributed by atoms with van der Waals surface area (Å²) in [5.74, 6) is 0. The topological polar surface area (TPSA) is 32.3 Å². The molecule has 1 aromatic rings. The predicted molar refractivity (Wildman–Crippen MR) is 88.6 cm³/mol. The first-order valence-corrected chi connectivity index (χ1v) is 8.42. The highest BCUT2D eigenvalue weighted by Crippen LogP contribution is 2.29. The van der Waals surface area contributed by atoms with Crippen LogP contribution in [-0.4, -0.2) is 12.1 Å². The molecule has 0 bridgehead atoms. The van der Waals surface area contributed by atoms with Crippen LogP contribution in [0, 0.1) is 0 Å². The molecule has 1 aliphatic rings. The molecule has 1 atom stereocenters. The van der Waals surface area contributed by atoms with Crippen LogP contribution in [0.1, 0.15) is 64.4 Å². The molecule has 0 fully saturated rings. The van der Waals surface area contributed by atoms with Crippen molar-refractivity contribution in [2.75, 3.05) is 4.90 Å². The molecule has 0 saturated heterocycles. The normalized spacial score (nSPS) is 15.5. The van der Waals surface area contributed by atoms with Gasteiger partial charge in [0.05, 0.1) is 5.69 Å². The number of hydrogen-bond acceptors (Lipinski definition) is 1. The monoisotopic (exact) mass is 288 g/mol. The lowest BCUT2D eigenvalue weighted by Gasteiger charge is -2.36. The summed E-state index contributed by atoms with van der Waals surface area (Å²) < 4.78 is 0. The van der Waals surface area contributed by atoms with E-state index in [2.05, 4.69) is 31.3 Å². The van der Waals surface area contributed by atoms with Crippen LogP contribution in [0.25, 0.3) is 0 Å². The number of carbonyl (C=O) groups excluding carboxylic acids is 1. The van der Waals surface area contributed by atoms with Crippen LogP contribution < -0.4 is 10.2 Å². The maximum absolute atomic E-state index is 12.3. The number of nitrogens with one attached hydrogen (secondary N) is 1. The van der Waals surface area contributed by atoms with Gasteiger partial charge < -0.3 is 5.32 Å². The summed E-state index contributed by atoms with van der Waals surface area (Å²) in [5.41, 5.74) is 2.32. The fraction of sp³-hybridized carbons (Fsp3) is 0.611. The zero-order valence-electron chi connectivity index (χ0n) is 13.4. The van der Waals surface area contributed by atoms with Gasteiger partial charge in [0.15, 0.2) is 0 Å². The average Bonchev–Trinajstić information content (AvgIpc) is 2.52. The zero-order chi connectivity index (χ0) is 15.1. The highest BCUT2D eigenvalue weighted by Gasteiger charge is 2.28. The number of benzene rings is 1. The maximum Gasteiger partial charge on any atom is 0.322 e. The van der Waals surface area contributed by atoms with Gasteiger partial charge in [0.25, 0.3) is 0 Å². The molecule has 1 N–H and O–H groups in total. The third kappa shape index (κ3) is 3.99. The van der Waals surface area contributed by atoms with E-state index in [9.17, 15) is 4.79 Å². The van der Waals surface area contributed by atoms with Gasteiger partial charge in [-0.15, -0.1) is 0 Å². The van der Waals surface area contributed by atoms with Gasteiger partial charge in [-0.25, -0.2) is 4.79 Å². The molecule has 0 spiro atoms. The molecule has 1 heterocycles. The molecule has 0 radical (unpaired) electrons. The van der Waals surface area contributed by atoms with Crippen molar-refractivity contribution in [1.82, 2.24) is 5.32 Å². The third-order valence-corrected chi connectivity index (χ3v) is 4.38. The Bertz CT molecular complexity index is 458. The van der Waals surface area contributed by atoms with E-state index in [4.69, 9.17) is 0 Å². The van der Waals surface area contributed by atoms with Crippen LogP contribution in [0.15, 0.2) is 24.3 Å². The van der Waals surface area contributed by atoms with Gasteiger partial charge in [0.2, 0.25) is 0 Å². The minimum atomic E-state index is 0.0640. The van der Waals surface area contributed by atoms with E-state index in [1.165, 1.54) is 37.7 Å². The molecule has 116 valence electrons. The number of hydrogen-bond donors (Lipinski definition) is 1. The number of urea groups is 1. The summed E-state index contributed by atoms with van der Waals surface area (Å²) in [6.07, 6.45) is 8.52. The minimum absolute atomic E-state index is 0.0640. The highest BCUT2D eigenvalue weighted by atomic mass is 16.2. The van der Waals surface area contributed by atoms with Gasteiger partial charge in [0.1, 0.15) is 0 Å². The first kappa shape index (κ1) is 15.9. The number of para-hydroxylation sites is 1. The number of fused-ring (bicyclic) bond motifs is 1. The lowest BCUT2D eigenvalue weighted by atomic mass is 10.0. The number of carbonyl (C=O) groups is 1. The first-order valence-electron chi connectivity index (χ1n) is 8.42. The number of anilines is 1. The fourth-order valence-electron chi connectivity index (χ4n) is 3.12.